The van der Waals surface area contributed by atoms with Crippen molar-refractivity contribution in [2.45, 2.75) is 20.3 Å². The zero-order valence-corrected chi connectivity index (χ0v) is 11.5. The zero-order valence-electron chi connectivity index (χ0n) is 10.8. The van der Waals surface area contributed by atoms with Gasteiger partial charge < -0.3 is 11.1 Å². The molecule has 0 atom stereocenters. The van der Waals surface area contributed by atoms with Crippen molar-refractivity contribution in [3.8, 4) is 0 Å². The van der Waals surface area contributed by atoms with E-state index >= 15 is 0 Å². The third kappa shape index (κ3) is 2.57. The Morgan fingerprint density at radius 2 is 2.11 bits per heavy atom. The summed E-state index contributed by atoms with van der Waals surface area (Å²) in [4.78, 5) is 4.58. The fourth-order valence-electron chi connectivity index (χ4n) is 2.00. The number of nitrogens with one attached hydrogen (secondary N) is 1. The second-order valence-electron chi connectivity index (χ2n) is 4.45. The van der Waals surface area contributed by atoms with Gasteiger partial charge in [0.25, 0.3) is 0 Å². The third-order valence-electron chi connectivity index (χ3n) is 2.99. The molecule has 0 bridgehead atoms. The van der Waals surface area contributed by atoms with Crippen molar-refractivity contribution in [3.05, 3.63) is 34.5 Å². The van der Waals surface area contributed by atoms with Gasteiger partial charge in [0.15, 0.2) is 0 Å². The Bertz CT molecular complexity index is 566. The predicted molar refractivity (Wildman–Crippen MR) is 78.4 cm³/mol. The number of halogens is 1. The Kier molecular flexibility index (Phi) is 4.04. The van der Waals surface area contributed by atoms with E-state index in [1.54, 1.807) is 0 Å². The molecular weight excluding hydrogens is 246 g/mol. The van der Waals surface area contributed by atoms with Crippen molar-refractivity contribution in [1.82, 2.24) is 4.98 Å². The first kappa shape index (κ1) is 13.1. The molecule has 2 aromatic rings. The van der Waals surface area contributed by atoms with Crippen molar-refractivity contribution < 1.29 is 0 Å². The molecule has 0 radical (unpaired) electrons. The highest BCUT2D eigenvalue weighted by Crippen LogP contribution is 2.29. The third-order valence-corrected chi connectivity index (χ3v) is 3.40. The number of aryl methyl sites for hydroxylation is 2. The fourth-order valence-corrected chi connectivity index (χ4v) is 2.16. The summed E-state index contributed by atoms with van der Waals surface area (Å²) in [6, 6.07) is 6.00. The summed E-state index contributed by atoms with van der Waals surface area (Å²) in [5.41, 5.74) is 9.60. The van der Waals surface area contributed by atoms with Gasteiger partial charge in [-0.3, -0.25) is 4.98 Å². The van der Waals surface area contributed by atoms with E-state index < -0.39 is 0 Å². The molecular formula is C14H18ClN3. The lowest BCUT2D eigenvalue weighted by Crippen LogP contribution is -2.09. The van der Waals surface area contributed by atoms with Gasteiger partial charge >= 0.3 is 0 Å². The highest BCUT2D eigenvalue weighted by Gasteiger charge is 2.08. The summed E-state index contributed by atoms with van der Waals surface area (Å²) in [5.74, 6) is 0. The molecule has 1 aromatic heterocycles. The molecule has 96 valence electrons. The van der Waals surface area contributed by atoms with Gasteiger partial charge in [-0.1, -0.05) is 11.6 Å². The average Bonchev–Trinajstić information content (AvgIpc) is 2.34. The van der Waals surface area contributed by atoms with E-state index in [2.05, 4.69) is 16.4 Å². The molecule has 0 amide bonds. The largest absolute Gasteiger partial charge is 0.384 e. The van der Waals surface area contributed by atoms with Crippen LogP contribution < -0.4 is 11.1 Å². The van der Waals surface area contributed by atoms with Crippen molar-refractivity contribution >= 4 is 28.2 Å². The standard InChI is InChI=1S/C14H18ClN3/c1-9-8-13(17-7-3-6-16)11-4-5-12(15)10(2)14(11)18-9/h4-5,8H,3,6-7,16H2,1-2H3,(H,17,18). The van der Waals surface area contributed by atoms with Gasteiger partial charge in [0.1, 0.15) is 0 Å². The topological polar surface area (TPSA) is 50.9 Å². The minimum Gasteiger partial charge on any atom is -0.384 e. The summed E-state index contributed by atoms with van der Waals surface area (Å²) in [6.45, 7) is 5.56. The minimum absolute atomic E-state index is 0.694. The second-order valence-corrected chi connectivity index (χ2v) is 4.86. The Balaban J connectivity index is 2.49. The Morgan fingerprint density at radius 3 is 2.83 bits per heavy atom. The maximum atomic E-state index is 6.14. The van der Waals surface area contributed by atoms with Crippen molar-refractivity contribution in [3.63, 3.8) is 0 Å². The predicted octanol–water partition coefficient (Wildman–Crippen LogP) is 3.27. The molecule has 0 aliphatic carbocycles. The number of benzene rings is 1. The molecule has 0 aliphatic heterocycles. The van der Waals surface area contributed by atoms with Crippen LogP contribution in [-0.2, 0) is 0 Å². The van der Waals surface area contributed by atoms with Crippen LogP contribution in [0.3, 0.4) is 0 Å². The smallest absolute Gasteiger partial charge is 0.0769 e. The molecule has 0 saturated carbocycles. The number of anilines is 1. The average molecular weight is 264 g/mol. The SMILES string of the molecule is Cc1cc(NCCCN)c2ccc(Cl)c(C)c2n1. The Hall–Kier alpha value is -1.32. The first-order chi connectivity index (χ1) is 8.63. The zero-order chi connectivity index (χ0) is 13.1. The number of hydrogen-bond donors (Lipinski definition) is 2. The van der Waals surface area contributed by atoms with Crippen LogP contribution in [0.25, 0.3) is 10.9 Å². The summed E-state index contributed by atoms with van der Waals surface area (Å²) >= 11 is 6.14. The van der Waals surface area contributed by atoms with Crippen LogP contribution in [0.1, 0.15) is 17.7 Å². The van der Waals surface area contributed by atoms with E-state index in [0.29, 0.717) is 6.54 Å². The molecule has 1 aromatic carbocycles. The lowest BCUT2D eigenvalue weighted by atomic mass is 10.1. The maximum Gasteiger partial charge on any atom is 0.0769 e. The molecule has 2 rings (SSSR count). The lowest BCUT2D eigenvalue weighted by Gasteiger charge is -2.12. The van der Waals surface area contributed by atoms with E-state index in [9.17, 15) is 0 Å². The molecule has 0 saturated heterocycles. The second kappa shape index (κ2) is 5.55. The van der Waals surface area contributed by atoms with Crippen molar-refractivity contribution in [2.75, 3.05) is 18.4 Å². The highest BCUT2D eigenvalue weighted by molar-refractivity contribution is 6.32. The van der Waals surface area contributed by atoms with Gasteiger partial charge in [-0.15, -0.1) is 0 Å². The van der Waals surface area contributed by atoms with Gasteiger partial charge in [-0.25, -0.2) is 0 Å². The Morgan fingerprint density at radius 1 is 1.33 bits per heavy atom. The van der Waals surface area contributed by atoms with Crippen LogP contribution in [0, 0.1) is 13.8 Å². The summed E-state index contributed by atoms with van der Waals surface area (Å²) in [7, 11) is 0. The summed E-state index contributed by atoms with van der Waals surface area (Å²) in [6.07, 6.45) is 0.954. The Labute approximate surface area is 112 Å². The fraction of sp³-hybridized carbons (Fsp3) is 0.357. The number of nitrogens with two attached hydrogens (primary N) is 1. The van der Waals surface area contributed by atoms with Gasteiger partial charge in [0.05, 0.1) is 5.52 Å². The quantitative estimate of drug-likeness (QED) is 0.833. The van der Waals surface area contributed by atoms with Gasteiger partial charge in [-0.05, 0) is 50.6 Å². The van der Waals surface area contributed by atoms with E-state index in [1.165, 1.54) is 0 Å². The first-order valence-corrected chi connectivity index (χ1v) is 6.51. The van der Waals surface area contributed by atoms with Crippen molar-refractivity contribution in [2.24, 2.45) is 5.73 Å². The van der Waals surface area contributed by atoms with Crippen LogP contribution in [0.4, 0.5) is 5.69 Å². The van der Waals surface area contributed by atoms with E-state index in [4.69, 9.17) is 17.3 Å². The molecule has 0 aliphatic rings. The first-order valence-electron chi connectivity index (χ1n) is 6.14. The van der Waals surface area contributed by atoms with Crippen LogP contribution >= 0.6 is 11.6 Å². The molecule has 4 heteroatoms. The minimum atomic E-state index is 0.694. The molecule has 18 heavy (non-hydrogen) atoms. The number of nitrogens with zero attached hydrogens (tertiary/aromatic N) is 1. The van der Waals surface area contributed by atoms with E-state index in [0.717, 1.165) is 45.8 Å². The molecule has 0 unspecified atom stereocenters. The van der Waals surface area contributed by atoms with Crippen molar-refractivity contribution in [1.29, 1.82) is 0 Å². The summed E-state index contributed by atoms with van der Waals surface area (Å²) in [5, 5.41) is 5.28. The number of fused-ring (bicyclic) bond motifs is 1. The molecule has 0 spiro atoms. The van der Waals surface area contributed by atoms with Gasteiger partial charge in [0.2, 0.25) is 0 Å². The van der Waals surface area contributed by atoms with Crippen LogP contribution in [0.2, 0.25) is 5.02 Å². The lowest BCUT2D eigenvalue weighted by molar-refractivity contribution is 0.875. The summed E-state index contributed by atoms with van der Waals surface area (Å²) < 4.78 is 0. The van der Waals surface area contributed by atoms with Crippen LogP contribution in [-0.4, -0.2) is 18.1 Å². The number of aromatic nitrogens is 1. The number of pyridine rings is 1. The van der Waals surface area contributed by atoms with E-state index in [-0.39, 0.29) is 0 Å². The molecule has 3 N–H and O–H groups in total. The highest BCUT2D eigenvalue weighted by atomic mass is 35.5. The number of rotatable bonds is 4. The van der Waals surface area contributed by atoms with E-state index in [1.807, 2.05) is 26.0 Å². The molecule has 3 nitrogen and oxygen atoms in total. The van der Waals surface area contributed by atoms with Crippen LogP contribution in [0.15, 0.2) is 18.2 Å². The monoisotopic (exact) mass is 263 g/mol. The van der Waals surface area contributed by atoms with Crippen LogP contribution in [0.5, 0.6) is 0 Å². The molecule has 0 fully saturated rings. The molecule has 1 heterocycles. The van der Waals surface area contributed by atoms with Gasteiger partial charge in [-0.2, -0.15) is 0 Å². The van der Waals surface area contributed by atoms with Gasteiger partial charge in [0, 0.05) is 28.3 Å². The number of hydrogen-bond acceptors (Lipinski definition) is 3. The maximum absolute atomic E-state index is 6.14. The normalized spacial score (nSPS) is 10.9.